The van der Waals surface area contributed by atoms with E-state index in [0.29, 0.717) is 5.02 Å². The molecule has 0 amide bonds. The molecule has 0 unspecified atom stereocenters. The van der Waals surface area contributed by atoms with Gasteiger partial charge in [-0.05, 0) is 25.1 Å². The van der Waals surface area contributed by atoms with Crippen LogP contribution in [0.2, 0.25) is 5.02 Å². The molecule has 0 fully saturated rings. The van der Waals surface area contributed by atoms with Gasteiger partial charge >= 0.3 is 0 Å². The zero-order chi connectivity index (χ0) is 11.3. The Balaban J connectivity index is 2.62. The maximum atomic E-state index is 11.4. The summed E-state index contributed by atoms with van der Waals surface area (Å²) in [6, 6.07) is 7.21. The highest BCUT2D eigenvalue weighted by atomic mass is 35.5. The van der Waals surface area contributed by atoms with E-state index in [1.807, 2.05) is 25.1 Å². The summed E-state index contributed by atoms with van der Waals surface area (Å²) in [5.41, 5.74) is 2.69. The Morgan fingerprint density at radius 1 is 1.12 bits per heavy atom. The van der Waals surface area contributed by atoms with Crippen LogP contribution in [0.25, 0.3) is 21.8 Å². The van der Waals surface area contributed by atoms with Crippen molar-refractivity contribution in [3.63, 3.8) is 0 Å². The molecule has 0 radical (unpaired) electrons. The van der Waals surface area contributed by atoms with Crippen molar-refractivity contribution in [2.75, 3.05) is 0 Å². The van der Waals surface area contributed by atoms with Crippen molar-refractivity contribution < 1.29 is 0 Å². The van der Waals surface area contributed by atoms with Crippen LogP contribution in [0, 0.1) is 6.92 Å². The molecule has 80 valence electrons. The number of hydrogen-bond donors (Lipinski definition) is 2. The van der Waals surface area contributed by atoms with E-state index < -0.39 is 0 Å². The molecule has 0 aliphatic carbocycles. The lowest BCUT2D eigenvalue weighted by molar-refractivity contribution is 1.16. The van der Waals surface area contributed by atoms with E-state index in [-0.39, 0.29) is 5.56 Å². The number of halogens is 1. The molecule has 16 heavy (non-hydrogen) atoms. The summed E-state index contributed by atoms with van der Waals surface area (Å²) in [4.78, 5) is 17.5. The minimum atomic E-state index is -0.0918. The van der Waals surface area contributed by atoms with E-state index in [2.05, 4.69) is 9.97 Å². The first-order valence-electron chi connectivity index (χ1n) is 4.96. The maximum Gasteiger partial charge on any atom is 0.248 e. The lowest BCUT2D eigenvalue weighted by Crippen LogP contribution is -2.04. The van der Waals surface area contributed by atoms with Crippen LogP contribution in [0.4, 0.5) is 0 Å². The van der Waals surface area contributed by atoms with Gasteiger partial charge in [-0.2, -0.15) is 0 Å². The molecule has 0 saturated heterocycles. The molecule has 4 heteroatoms. The summed E-state index contributed by atoms with van der Waals surface area (Å²) in [6.45, 7) is 1.88. The molecule has 3 rings (SSSR count). The average molecular weight is 233 g/mol. The fraction of sp³-hybridized carbons (Fsp3) is 0.0833. The normalized spacial score (nSPS) is 11.4. The molecule has 0 aliphatic heterocycles. The molecule has 2 N–H and O–H groups in total. The molecule has 0 atom stereocenters. The fourth-order valence-electron chi connectivity index (χ4n) is 2.05. The zero-order valence-corrected chi connectivity index (χ0v) is 9.35. The standard InChI is InChI=1S/C12H9ClN2O/c1-6-12-9(5-11(16)14-6)8-4-7(13)2-3-10(8)15-12/h2-5,15H,1H3,(H,14,16). The first-order chi connectivity index (χ1) is 7.65. The summed E-state index contributed by atoms with van der Waals surface area (Å²) in [7, 11) is 0. The van der Waals surface area contributed by atoms with Gasteiger partial charge in [-0.15, -0.1) is 0 Å². The second-order valence-corrected chi connectivity index (χ2v) is 4.30. The monoisotopic (exact) mass is 232 g/mol. The van der Waals surface area contributed by atoms with E-state index >= 15 is 0 Å². The number of rotatable bonds is 0. The molecule has 3 aromatic rings. The van der Waals surface area contributed by atoms with Gasteiger partial charge in [0.15, 0.2) is 0 Å². The van der Waals surface area contributed by atoms with Gasteiger partial charge in [-0.25, -0.2) is 0 Å². The Morgan fingerprint density at radius 3 is 2.75 bits per heavy atom. The zero-order valence-electron chi connectivity index (χ0n) is 8.60. The number of benzene rings is 1. The van der Waals surface area contributed by atoms with Crippen LogP contribution in [0.3, 0.4) is 0 Å². The van der Waals surface area contributed by atoms with Crippen LogP contribution in [-0.4, -0.2) is 9.97 Å². The third kappa shape index (κ3) is 1.25. The van der Waals surface area contributed by atoms with Crippen LogP contribution in [0.5, 0.6) is 0 Å². The van der Waals surface area contributed by atoms with Gasteiger partial charge in [0.25, 0.3) is 0 Å². The molecule has 2 aromatic heterocycles. The predicted molar refractivity (Wildman–Crippen MR) is 66.2 cm³/mol. The summed E-state index contributed by atoms with van der Waals surface area (Å²) < 4.78 is 0. The number of nitrogens with one attached hydrogen (secondary N) is 2. The summed E-state index contributed by atoms with van der Waals surface area (Å²) >= 11 is 5.96. The van der Waals surface area contributed by atoms with E-state index in [9.17, 15) is 4.79 Å². The Kier molecular flexibility index (Phi) is 1.85. The predicted octanol–water partition coefficient (Wildman–Crippen LogP) is 2.97. The second kappa shape index (κ2) is 3.12. The van der Waals surface area contributed by atoms with Crippen molar-refractivity contribution in [3.05, 3.63) is 45.3 Å². The van der Waals surface area contributed by atoms with Gasteiger partial charge in [0.05, 0.1) is 5.52 Å². The van der Waals surface area contributed by atoms with Crippen LogP contribution < -0.4 is 5.56 Å². The minimum absolute atomic E-state index is 0.0918. The second-order valence-electron chi connectivity index (χ2n) is 3.86. The smallest absolute Gasteiger partial charge is 0.248 e. The van der Waals surface area contributed by atoms with Gasteiger partial charge in [-0.3, -0.25) is 4.79 Å². The van der Waals surface area contributed by atoms with Crippen LogP contribution in [-0.2, 0) is 0 Å². The number of aromatic nitrogens is 2. The number of pyridine rings is 1. The Labute approximate surface area is 96.1 Å². The minimum Gasteiger partial charge on any atom is -0.353 e. The molecule has 0 saturated carbocycles. The van der Waals surface area contributed by atoms with Gasteiger partial charge in [0, 0.05) is 33.1 Å². The average Bonchev–Trinajstić information content (AvgIpc) is 2.57. The third-order valence-corrected chi connectivity index (χ3v) is 3.00. The Bertz CT molecular complexity index is 755. The molecule has 1 aromatic carbocycles. The Hall–Kier alpha value is -1.74. The fourth-order valence-corrected chi connectivity index (χ4v) is 2.22. The highest BCUT2D eigenvalue weighted by molar-refractivity contribution is 6.31. The van der Waals surface area contributed by atoms with Crippen molar-refractivity contribution in [1.82, 2.24) is 9.97 Å². The molecule has 0 bridgehead atoms. The molecule has 0 spiro atoms. The van der Waals surface area contributed by atoms with Gasteiger partial charge in [0.2, 0.25) is 5.56 Å². The van der Waals surface area contributed by atoms with Crippen molar-refractivity contribution >= 4 is 33.4 Å². The number of fused-ring (bicyclic) bond motifs is 3. The largest absolute Gasteiger partial charge is 0.353 e. The summed E-state index contributed by atoms with van der Waals surface area (Å²) in [5, 5.41) is 2.57. The molecule has 2 heterocycles. The first-order valence-corrected chi connectivity index (χ1v) is 5.34. The van der Waals surface area contributed by atoms with E-state index in [4.69, 9.17) is 11.6 Å². The molecule has 3 nitrogen and oxygen atoms in total. The van der Waals surface area contributed by atoms with Crippen LogP contribution >= 0.6 is 11.6 Å². The number of H-pyrrole nitrogens is 2. The van der Waals surface area contributed by atoms with Crippen molar-refractivity contribution in [2.45, 2.75) is 6.92 Å². The highest BCUT2D eigenvalue weighted by Gasteiger charge is 2.07. The Morgan fingerprint density at radius 2 is 1.94 bits per heavy atom. The van der Waals surface area contributed by atoms with Gasteiger partial charge in [-0.1, -0.05) is 11.6 Å². The van der Waals surface area contributed by atoms with Crippen molar-refractivity contribution in [2.24, 2.45) is 0 Å². The molecular weight excluding hydrogens is 224 g/mol. The van der Waals surface area contributed by atoms with Crippen LogP contribution in [0.15, 0.2) is 29.1 Å². The van der Waals surface area contributed by atoms with Gasteiger partial charge in [0.1, 0.15) is 0 Å². The van der Waals surface area contributed by atoms with Gasteiger partial charge < -0.3 is 9.97 Å². The van der Waals surface area contributed by atoms with E-state index in [0.717, 1.165) is 27.5 Å². The van der Waals surface area contributed by atoms with Crippen LogP contribution in [0.1, 0.15) is 5.69 Å². The third-order valence-electron chi connectivity index (χ3n) is 2.76. The number of aromatic amines is 2. The number of hydrogen-bond acceptors (Lipinski definition) is 1. The lowest BCUT2D eigenvalue weighted by atomic mass is 10.2. The maximum absolute atomic E-state index is 11.4. The van der Waals surface area contributed by atoms with Crippen molar-refractivity contribution in [3.8, 4) is 0 Å². The van der Waals surface area contributed by atoms with E-state index in [1.54, 1.807) is 6.07 Å². The SMILES string of the molecule is Cc1[nH]c(=O)cc2c1[nH]c1ccc(Cl)cc12. The first kappa shape index (κ1) is 9.48. The number of aryl methyl sites for hydroxylation is 1. The summed E-state index contributed by atoms with van der Waals surface area (Å²) in [6.07, 6.45) is 0. The topological polar surface area (TPSA) is 48.6 Å². The summed E-state index contributed by atoms with van der Waals surface area (Å²) in [5.74, 6) is 0. The molecular formula is C12H9ClN2O. The highest BCUT2D eigenvalue weighted by Crippen LogP contribution is 2.27. The quantitative estimate of drug-likeness (QED) is 0.615. The lowest BCUT2D eigenvalue weighted by Gasteiger charge is -1.94. The van der Waals surface area contributed by atoms with Crippen molar-refractivity contribution in [1.29, 1.82) is 0 Å². The van der Waals surface area contributed by atoms with E-state index in [1.165, 1.54) is 0 Å². The molecule has 0 aliphatic rings.